The van der Waals surface area contributed by atoms with E-state index in [-0.39, 0.29) is 40.6 Å². The zero-order valence-electron chi connectivity index (χ0n) is 16.2. The first-order valence-corrected chi connectivity index (χ1v) is 9.49. The fraction of sp³-hybridized carbons (Fsp3) is 0.227. The Balaban J connectivity index is 2.37. The van der Waals surface area contributed by atoms with Crippen molar-refractivity contribution in [1.82, 2.24) is 4.57 Å². The van der Waals surface area contributed by atoms with Gasteiger partial charge in [0.2, 0.25) is 0 Å². The van der Waals surface area contributed by atoms with Crippen molar-refractivity contribution in [3.8, 4) is 11.1 Å². The van der Waals surface area contributed by atoms with Crippen LogP contribution >= 0.6 is 11.6 Å². The van der Waals surface area contributed by atoms with Crippen LogP contribution in [0.2, 0.25) is 5.02 Å². The summed E-state index contributed by atoms with van der Waals surface area (Å²) in [5.41, 5.74) is -1.41. The quantitative estimate of drug-likeness (QED) is 0.335. The van der Waals surface area contributed by atoms with E-state index >= 15 is 0 Å². The smallest absolute Gasteiger partial charge is 0.431 e. The van der Waals surface area contributed by atoms with Gasteiger partial charge in [-0.2, -0.15) is 13.2 Å². The maximum Gasteiger partial charge on any atom is 0.431 e. The van der Waals surface area contributed by atoms with Gasteiger partial charge in [0.1, 0.15) is 17.2 Å². The topological polar surface area (TPSA) is 31.2 Å². The number of hydrogen-bond donors (Lipinski definition) is 0. The van der Waals surface area contributed by atoms with Gasteiger partial charge in [0.05, 0.1) is 6.61 Å². The van der Waals surface area contributed by atoms with Gasteiger partial charge in [0, 0.05) is 22.7 Å². The van der Waals surface area contributed by atoms with Crippen LogP contribution in [-0.4, -0.2) is 17.1 Å². The van der Waals surface area contributed by atoms with Crippen molar-refractivity contribution in [2.75, 3.05) is 6.61 Å². The van der Waals surface area contributed by atoms with Gasteiger partial charge in [-0.15, -0.1) is 0 Å². The molecule has 1 aromatic heterocycles. The summed E-state index contributed by atoms with van der Waals surface area (Å²) in [5.74, 6) is -1.79. The molecule has 0 atom stereocenters. The standard InChI is InChI=1S/C22H18ClF4NO2/c1-3-30-21(29)19-18(16-10-9-15(23)11-17(16)24)13(2)20(22(25,26)27)28(19)12-14-7-5-4-6-8-14/h4-11H,3,12H2,1-2H3. The fourth-order valence-electron chi connectivity index (χ4n) is 3.47. The lowest BCUT2D eigenvalue weighted by atomic mass is 10.00. The highest BCUT2D eigenvalue weighted by atomic mass is 35.5. The lowest BCUT2D eigenvalue weighted by molar-refractivity contribution is -0.143. The molecular weight excluding hydrogens is 422 g/mol. The average Bonchev–Trinajstić information content (AvgIpc) is 2.95. The molecule has 0 saturated carbocycles. The summed E-state index contributed by atoms with van der Waals surface area (Å²) in [6.07, 6.45) is -4.78. The minimum absolute atomic E-state index is 0.0434. The van der Waals surface area contributed by atoms with Crippen LogP contribution in [0.5, 0.6) is 0 Å². The summed E-state index contributed by atoms with van der Waals surface area (Å²) >= 11 is 5.80. The molecule has 2 aromatic carbocycles. The third-order valence-corrected chi connectivity index (χ3v) is 4.86. The van der Waals surface area contributed by atoms with Crippen molar-refractivity contribution in [2.45, 2.75) is 26.6 Å². The van der Waals surface area contributed by atoms with E-state index in [0.29, 0.717) is 5.56 Å². The van der Waals surface area contributed by atoms with E-state index in [9.17, 15) is 22.4 Å². The minimum Gasteiger partial charge on any atom is -0.461 e. The number of halogens is 5. The molecule has 0 aliphatic heterocycles. The molecular formula is C22H18ClF4NO2. The first-order valence-electron chi connectivity index (χ1n) is 9.11. The van der Waals surface area contributed by atoms with Crippen LogP contribution in [0.4, 0.5) is 17.6 Å². The third kappa shape index (κ3) is 4.21. The van der Waals surface area contributed by atoms with Crippen LogP contribution in [-0.2, 0) is 17.5 Å². The third-order valence-electron chi connectivity index (χ3n) is 4.63. The second-order valence-electron chi connectivity index (χ2n) is 6.61. The Labute approximate surface area is 175 Å². The molecule has 3 rings (SSSR count). The van der Waals surface area contributed by atoms with Crippen molar-refractivity contribution < 1.29 is 27.1 Å². The molecule has 0 aliphatic carbocycles. The lowest BCUT2D eigenvalue weighted by Gasteiger charge is -2.16. The highest BCUT2D eigenvalue weighted by molar-refractivity contribution is 6.30. The van der Waals surface area contributed by atoms with E-state index in [0.717, 1.165) is 10.6 Å². The lowest BCUT2D eigenvalue weighted by Crippen LogP contribution is -2.20. The second-order valence-corrected chi connectivity index (χ2v) is 7.05. The largest absolute Gasteiger partial charge is 0.461 e. The average molecular weight is 440 g/mol. The fourth-order valence-corrected chi connectivity index (χ4v) is 3.63. The molecule has 8 heteroatoms. The van der Waals surface area contributed by atoms with Crippen molar-refractivity contribution in [3.63, 3.8) is 0 Å². The molecule has 0 N–H and O–H groups in total. The van der Waals surface area contributed by atoms with Crippen molar-refractivity contribution in [3.05, 3.63) is 81.9 Å². The Morgan fingerprint density at radius 3 is 2.37 bits per heavy atom. The van der Waals surface area contributed by atoms with Gasteiger partial charge in [-0.05, 0) is 43.2 Å². The molecule has 3 nitrogen and oxygen atoms in total. The Hall–Kier alpha value is -2.80. The Kier molecular flexibility index (Phi) is 6.22. The van der Waals surface area contributed by atoms with Crippen LogP contribution < -0.4 is 0 Å². The number of ether oxygens (including phenoxy) is 1. The number of aromatic nitrogens is 1. The van der Waals surface area contributed by atoms with Crippen LogP contribution in [0.25, 0.3) is 11.1 Å². The first kappa shape index (κ1) is 21.9. The highest BCUT2D eigenvalue weighted by Crippen LogP contribution is 2.42. The van der Waals surface area contributed by atoms with Gasteiger partial charge in [0.15, 0.2) is 0 Å². The van der Waals surface area contributed by atoms with E-state index in [1.165, 1.54) is 19.1 Å². The number of hydrogen-bond acceptors (Lipinski definition) is 2. The van der Waals surface area contributed by atoms with Gasteiger partial charge < -0.3 is 9.30 Å². The number of esters is 1. The van der Waals surface area contributed by atoms with E-state index in [1.54, 1.807) is 37.3 Å². The van der Waals surface area contributed by atoms with Crippen LogP contribution in [0.1, 0.15) is 34.2 Å². The zero-order chi connectivity index (χ0) is 22.1. The molecule has 0 bridgehead atoms. The van der Waals surface area contributed by atoms with Crippen LogP contribution in [0, 0.1) is 12.7 Å². The number of carbonyl (C=O) groups is 1. The van der Waals surface area contributed by atoms with E-state index in [2.05, 4.69) is 0 Å². The first-order chi connectivity index (χ1) is 14.1. The minimum atomic E-state index is -4.78. The summed E-state index contributed by atoms with van der Waals surface area (Å²) < 4.78 is 62.7. The summed E-state index contributed by atoms with van der Waals surface area (Å²) in [4.78, 5) is 12.8. The summed E-state index contributed by atoms with van der Waals surface area (Å²) in [7, 11) is 0. The summed E-state index contributed by atoms with van der Waals surface area (Å²) in [5, 5.41) is 0.0892. The maximum atomic E-state index is 14.7. The number of benzene rings is 2. The molecule has 30 heavy (non-hydrogen) atoms. The van der Waals surface area contributed by atoms with Crippen LogP contribution in [0.3, 0.4) is 0 Å². The molecule has 0 amide bonds. The van der Waals surface area contributed by atoms with E-state index < -0.39 is 23.7 Å². The van der Waals surface area contributed by atoms with E-state index in [1.807, 2.05) is 0 Å². The molecule has 0 spiro atoms. The van der Waals surface area contributed by atoms with Crippen molar-refractivity contribution in [1.29, 1.82) is 0 Å². The normalized spacial score (nSPS) is 11.6. The predicted octanol–water partition coefficient (Wildman–Crippen LogP) is 6.50. The molecule has 0 saturated heterocycles. The van der Waals surface area contributed by atoms with Gasteiger partial charge in [0.25, 0.3) is 0 Å². The molecule has 0 unspecified atom stereocenters. The van der Waals surface area contributed by atoms with Crippen LogP contribution in [0.15, 0.2) is 48.5 Å². The Bertz CT molecular complexity index is 1070. The van der Waals surface area contributed by atoms with Crippen molar-refractivity contribution >= 4 is 17.6 Å². The van der Waals surface area contributed by atoms with Gasteiger partial charge in [-0.25, -0.2) is 9.18 Å². The monoisotopic (exact) mass is 439 g/mol. The summed E-state index contributed by atoms with van der Waals surface area (Å²) in [6, 6.07) is 12.0. The van der Waals surface area contributed by atoms with Gasteiger partial charge in [-0.1, -0.05) is 41.9 Å². The molecule has 0 fully saturated rings. The second kappa shape index (κ2) is 8.52. The molecule has 158 valence electrons. The maximum absolute atomic E-state index is 14.7. The predicted molar refractivity (Wildman–Crippen MR) is 106 cm³/mol. The molecule has 1 heterocycles. The Morgan fingerprint density at radius 1 is 1.13 bits per heavy atom. The molecule has 3 aromatic rings. The zero-order valence-corrected chi connectivity index (χ0v) is 16.9. The number of carbonyl (C=O) groups excluding carboxylic acids is 1. The number of nitrogens with zero attached hydrogens (tertiary/aromatic N) is 1. The van der Waals surface area contributed by atoms with Gasteiger partial charge >= 0.3 is 12.1 Å². The number of rotatable bonds is 5. The SMILES string of the molecule is CCOC(=O)c1c(-c2ccc(Cl)cc2F)c(C)c(C(F)(F)F)n1Cc1ccccc1. The highest BCUT2D eigenvalue weighted by Gasteiger charge is 2.41. The van der Waals surface area contributed by atoms with Crippen molar-refractivity contribution in [2.24, 2.45) is 0 Å². The van der Waals surface area contributed by atoms with E-state index in [4.69, 9.17) is 16.3 Å². The molecule has 0 aliphatic rings. The number of alkyl halides is 3. The summed E-state index contributed by atoms with van der Waals surface area (Å²) in [6.45, 7) is 2.48. The molecule has 0 radical (unpaired) electrons. The van der Waals surface area contributed by atoms with Gasteiger partial charge in [-0.3, -0.25) is 0 Å². The Morgan fingerprint density at radius 2 is 1.80 bits per heavy atom.